The number of thiophene rings is 1. The Kier molecular flexibility index (Phi) is 5.42. The average Bonchev–Trinajstić information content (AvgIpc) is 3.04. The van der Waals surface area contributed by atoms with Gasteiger partial charge in [0.2, 0.25) is 5.88 Å². The van der Waals surface area contributed by atoms with Gasteiger partial charge in [0.25, 0.3) is 0 Å². The van der Waals surface area contributed by atoms with Crippen molar-refractivity contribution in [2.75, 3.05) is 7.11 Å². The third kappa shape index (κ3) is 3.65. The first-order chi connectivity index (χ1) is 12.5. The zero-order chi connectivity index (χ0) is 18.7. The Morgan fingerprint density at radius 1 is 1.31 bits per heavy atom. The maximum atomic E-state index is 11.4. The van der Waals surface area contributed by atoms with E-state index >= 15 is 0 Å². The summed E-state index contributed by atoms with van der Waals surface area (Å²) in [4.78, 5) is 15.8. The van der Waals surface area contributed by atoms with Gasteiger partial charge in [-0.1, -0.05) is 6.92 Å². The average molecular weight is 371 g/mol. The van der Waals surface area contributed by atoms with Gasteiger partial charge in [-0.25, -0.2) is 4.98 Å². The summed E-state index contributed by atoms with van der Waals surface area (Å²) in [5, 5.41) is 12.3. The molecule has 0 saturated heterocycles. The number of nitrogens with zero attached hydrogens (tertiary/aromatic N) is 1. The van der Waals surface area contributed by atoms with Crippen LogP contribution < -0.4 is 9.47 Å². The quantitative estimate of drug-likeness (QED) is 0.648. The van der Waals surface area contributed by atoms with Crippen LogP contribution in [0.2, 0.25) is 0 Å². The predicted octanol–water partition coefficient (Wildman–Crippen LogP) is 4.77. The number of pyridine rings is 1. The second-order valence-corrected chi connectivity index (χ2v) is 6.97. The van der Waals surface area contributed by atoms with Gasteiger partial charge in [-0.05, 0) is 60.0 Å². The van der Waals surface area contributed by atoms with E-state index in [1.165, 1.54) is 0 Å². The number of benzene rings is 1. The lowest BCUT2D eigenvalue weighted by Gasteiger charge is -2.11. The van der Waals surface area contributed by atoms with Crippen molar-refractivity contribution in [1.82, 2.24) is 4.98 Å². The number of rotatable bonds is 7. The number of hydrogen-bond acceptors (Lipinski definition) is 5. The second kappa shape index (κ2) is 7.74. The maximum absolute atomic E-state index is 11.4. The first-order valence-electron chi connectivity index (χ1n) is 8.40. The molecule has 6 heteroatoms. The largest absolute Gasteiger partial charge is 0.489 e. The van der Waals surface area contributed by atoms with E-state index in [0.717, 1.165) is 32.7 Å². The SMILES string of the molecule is CCC(C(=O)O)c1csc2cc(OCc3ccc(C)nc3OC)ccc12. The molecule has 0 bridgehead atoms. The highest BCUT2D eigenvalue weighted by Gasteiger charge is 2.21. The third-order valence-electron chi connectivity index (χ3n) is 4.32. The summed E-state index contributed by atoms with van der Waals surface area (Å²) in [6.07, 6.45) is 0.569. The first kappa shape index (κ1) is 18.2. The molecule has 5 nitrogen and oxygen atoms in total. The molecule has 0 saturated carbocycles. The molecule has 1 atom stereocenters. The molecule has 2 aromatic heterocycles. The summed E-state index contributed by atoms with van der Waals surface area (Å²) in [5.74, 6) is 0.0403. The van der Waals surface area contributed by atoms with Crippen LogP contribution >= 0.6 is 11.3 Å². The lowest BCUT2D eigenvalue weighted by atomic mass is 9.96. The number of aryl methyl sites for hydroxylation is 1. The van der Waals surface area contributed by atoms with E-state index in [1.54, 1.807) is 18.4 Å². The molecular formula is C20H21NO4S. The van der Waals surface area contributed by atoms with E-state index in [-0.39, 0.29) is 0 Å². The summed E-state index contributed by atoms with van der Waals surface area (Å²) in [6, 6.07) is 9.63. The number of fused-ring (bicyclic) bond motifs is 1. The Balaban J connectivity index is 1.81. The standard InChI is InChI=1S/C20H21NO4S/c1-4-15(20(22)23)17-11-26-18-9-14(7-8-16(17)18)25-10-13-6-5-12(2)21-19(13)24-3/h5-9,11,15H,4,10H2,1-3H3,(H,22,23). The van der Waals surface area contributed by atoms with Crippen LogP contribution in [0.25, 0.3) is 10.1 Å². The Morgan fingerprint density at radius 2 is 2.12 bits per heavy atom. The van der Waals surface area contributed by atoms with E-state index in [1.807, 2.05) is 49.6 Å². The minimum absolute atomic E-state index is 0.354. The molecule has 136 valence electrons. The number of hydrogen-bond donors (Lipinski definition) is 1. The van der Waals surface area contributed by atoms with Crippen molar-refractivity contribution in [1.29, 1.82) is 0 Å². The highest BCUT2D eigenvalue weighted by atomic mass is 32.1. The zero-order valence-electron chi connectivity index (χ0n) is 15.0. The van der Waals surface area contributed by atoms with Crippen LogP contribution in [0.15, 0.2) is 35.7 Å². The number of carboxylic acid groups (broad SMARTS) is 1. The number of aromatic nitrogens is 1. The van der Waals surface area contributed by atoms with E-state index in [4.69, 9.17) is 9.47 Å². The fourth-order valence-electron chi connectivity index (χ4n) is 2.93. The maximum Gasteiger partial charge on any atom is 0.311 e. The van der Waals surface area contributed by atoms with Gasteiger partial charge in [-0.3, -0.25) is 4.79 Å². The molecule has 0 spiro atoms. The number of carboxylic acids is 1. The molecule has 1 N–H and O–H groups in total. The summed E-state index contributed by atoms with van der Waals surface area (Å²) in [6.45, 7) is 4.16. The molecule has 1 unspecified atom stereocenters. The predicted molar refractivity (Wildman–Crippen MR) is 102 cm³/mol. The molecule has 0 aliphatic carbocycles. The van der Waals surface area contributed by atoms with E-state index in [2.05, 4.69) is 4.98 Å². The molecule has 0 radical (unpaired) electrons. The molecule has 0 fully saturated rings. The molecular weight excluding hydrogens is 350 g/mol. The van der Waals surface area contributed by atoms with Gasteiger partial charge >= 0.3 is 5.97 Å². The molecule has 26 heavy (non-hydrogen) atoms. The Labute approximate surface area is 156 Å². The van der Waals surface area contributed by atoms with Crippen LogP contribution in [-0.4, -0.2) is 23.2 Å². The molecule has 0 aliphatic heterocycles. The Morgan fingerprint density at radius 3 is 2.81 bits per heavy atom. The van der Waals surface area contributed by atoms with Crippen LogP contribution in [-0.2, 0) is 11.4 Å². The normalized spacial score (nSPS) is 12.1. The van der Waals surface area contributed by atoms with Crippen LogP contribution in [0.1, 0.15) is 36.1 Å². The van der Waals surface area contributed by atoms with Gasteiger partial charge in [0.05, 0.1) is 18.6 Å². The van der Waals surface area contributed by atoms with Crippen LogP contribution in [0.3, 0.4) is 0 Å². The Hall–Kier alpha value is -2.60. The minimum Gasteiger partial charge on any atom is -0.489 e. The van der Waals surface area contributed by atoms with Crippen molar-refractivity contribution in [2.24, 2.45) is 0 Å². The number of methoxy groups -OCH3 is 1. The molecule has 1 aromatic carbocycles. The first-order valence-corrected chi connectivity index (χ1v) is 9.28. The molecule has 2 heterocycles. The van der Waals surface area contributed by atoms with Crippen molar-refractivity contribution in [3.05, 3.63) is 52.5 Å². The minimum atomic E-state index is -0.786. The molecule has 0 amide bonds. The lowest BCUT2D eigenvalue weighted by Crippen LogP contribution is -2.09. The molecule has 0 aliphatic rings. The van der Waals surface area contributed by atoms with Crippen molar-refractivity contribution < 1.29 is 19.4 Å². The van der Waals surface area contributed by atoms with Gasteiger partial charge in [-0.2, -0.15) is 0 Å². The highest BCUT2D eigenvalue weighted by molar-refractivity contribution is 7.17. The summed E-state index contributed by atoms with van der Waals surface area (Å²) < 4.78 is 12.2. The molecule has 3 aromatic rings. The van der Waals surface area contributed by atoms with Crippen molar-refractivity contribution in [3.63, 3.8) is 0 Å². The Bertz CT molecular complexity index is 935. The van der Waals surface area contributed by atoms with Gasteiger partial charge in [0.1, 0.15) is 12.4 Å². The highest BCUT2D eigenvalue weighted by Crippen LogP contribution is 2.35. The van der Waals surface area contributed by atoms with Gasteiger partial charge in [0, 0.05) is 10.4 Å². The zero-order valence-corrected chi connectivity index (χ0v) is 15.8. The number of aliphatic carboxylic acids is 1. The monoisotopic (exact) mass is 371 g/mol. The van der Waals surface area contributed by atoms with Gasteiger partial charge in [-0.15, -0.1) is 11.3 Å². The van der Waals surface area contributed by atoms with Crippen molar-refractivity contribution in [3.8, 4) is 11.6 Å². The van der Waals surface area contributed by atoms with E-state index < -0.39 is 11.9 Å². The van der Waals surface area contributed by atoms with Crippen LogP contribution in [0, 0.1) is 6.92 Å². The number of carbonyl (C=O) groups is 1. The smallest absolute Gasteiger partial charge is 0.311 e. The van der Waals surface area contributed by atoms with E-state index in [0.29, 0.717) is 18.9 Å². The number of ether oxygens (including phenoxy) is 2. The van der Waals surface area contributed by atoms with Crippen LogP contribution in [0.4, 0.5) is 0 Å². The molecule has 3 rings (SSSR count). The topological polar surface area (TPSA) is 68.7 Å². The fourth-order valence-corrected chi connectivity index (χ4v) is 3.97. The van der Waals surface area contributed by atoms with E-state index in [9.17, 15) is 9.90 Å². The van der Waals surface area contributed by atoms with Gasteiger partial charge in [0.15, 0.2) is 0 Å². The third-order valence-corrected chi connectivity index (χ3v) is 5.29. The summed E-state index contributed by atoms with van der Waals surface area (Å²) in [7, 11) is 1.59. The summed E-state index contributed by atoms with van der Waals surface area (Å²) >= 11 is 1.54. The van der Waals surface area contributed by atoms with Crippen LogP contribution in [0.5, 0.6) is 11.6 Å². The lowest BCUT2D eigenvalue weighted by molar-refractivity contribution is -0.138. The summed E-state index contributed by atoms with van der Waals surface area (Å²) in [5.41, 5.74) is 2.64. The van der Waals surface area contributed by atoms with Crippen molar-refractivity contribution >= 4 is 27.4 Å². The van der Waals surface area contributed by atoms with Crippen molar-refractivity contribution in [2.45, 2.75) is 32.8 Å². The second-order valence-electron chi connectivity index (χ2n) is 6.06. The van der Waals surface area contributed by atoms with Gasteiger partial charge < -0.3 is 14.6 Å². The fraction of sp³-hybridized carbons (Fsp3) is 0.300.